The molecule has 4 N–H and O–H groups in total. The molecule has 4 fully saturated rings. The Labute approximate surface area is 425 Å². The molecule has 0 unspecified atom stereocenters. The number of imidazole rings is 1. The zero-order valence-corrected chi connectivity index (χ0v) is 44.0. The number of hydrogen-bond donors (Lipinski definition) is 4. The summed E-state index contributed by atoms with van der Waals surface area (Å²) in [6, 6.07) is 14.3. The zero-order valence-electron chi connectivity index (χ0n) is 43.0. The molecular weight excluding hydrogens is 961 g/mol. The number of carbonyl (C=O) groups excluding carboxylic acids is 5. The number of alkyl carbamates (subject to hydrolysis) is 2. The first-order chi connectivity index (χ1) is 34.9. The van der Waals surface area contributed by atoms with E-state index < -0.39 is 68.1 Å². The molecule has 4 aliphatic heterocycles. The first kappa shape index (κ1) is 53.0. The minimum absolute atomic E-state index is 0.00143. The van der Waals surface area contributed by atoms with E-state index >= 15 is 8.78 Å². The van der Waals surface area contributed by atoms with Gasteiger partial charge in [-0.2, -0.15) is 0 Å². The predicted molar refractivity (Wildman–Crippen MR) is 274 cm³/mol. The molecule has 1 aromatic heterocycles. The van der Waals surface area contributed by atoms with Crippen molar-refractivity contribution in [3.63, 3.8) is 0 Å². The van der Waals surface area contributed by atoms with Crippen molar-refractivity contribution >= 4 is 66.1 Å². The molecule has 4 saturated heterocycles. The average Bonchev–Trinajstić information content (AvgIpc) is 4.23. The molecule has 0 radical (unpaired) electrons. The Bertz CT molecular complexity index is 2640. The highest BCUT2D eigenvalue weighted by atomic mass is 28.3. The molecule has 8 atom stereocenters. The summed E-state index contributed by atoms with van der Waals surface area (Å²) < 4.78 is 53.4. The summed E-state index contributed by atoms with van der Waals surface area (Å²) in [7, 11) is 3.92. The highest BCUT2D eigenvalue weighted by molar-refractivity contribution is 6.77. The SMILES string of the molecule is COC(=O)N[C@H](C(=O)N1CCC[C@H]1C(=O)Nc1ccc([C@@H]2CC[C@@H](c3ccc4nc([C@@H]5CCCN5C(=O)[C@@H](NC(=O)OC)[C@@H](C)OC)[nH]c4c3)N2c2cc(F)c(N3CC[Si](C)(C)CC3)c(F)c2)cc1)[C@@H](C)OC. The van der Waals surface area contributed by atoms with Crippen LogP contribution in [0.3, 0.4) is 0 Å². The molecule has 8 rings (SSSR count). The van der Waals surface area contributed by atoms with Gasteiger partial charge in [-0.1, -0.05) is 31.3 Å². The Hall–Kier alpha value is -6.32. The molecule has 18 nitrogen and oxygen atoms in total. The van der Waals surface area contributed by atoms with Gasteiger partial charge in [0, 0.05) is 51.8 Å². The number of halogens is 2. The second-order valence-electron chi connectivity index (χ2n) is 20.4. The lowest BCUT2D eigenvalue weighted by molar-refractivity contribution is -0.141. The van der Waals surface area contributed by atoms with E-state index in [4.69, 9.17) is 23.9 Å². The first-order valence-electron chi connectivity index (χ1n) is 25.2. The summed E-state index contributed by atoms with van der Waals surface area (Å²) in [4.78, 5) is 81.5. The van der Waals surface area contributed by atoms with Gasteiger partial charge in [-0.15, -0.1) is 0 Å². The van der Waals surface area contributed by atoms with E-state index in [1.165, 1.54) is 45.5 Å². The quantitative estimate of drug-likeness (QED) is 0.0854. The van der Waals surface area contributed by atoms with E-state index in [1.54, 1.807) is 30.9 Å². The number of H-pyrrole nitrogens is 1. The van der Waals surface area contributed by atoms with Gasteiger partial charge in [0.05, 0.1) is 63.7 Å². The fourth-order valence-corrected chi connectivity index (χ4v) is 13.0. The number of rotatable bonds is 15. The summed E-state index contributed by atoms with van der Waals surface area (Å²) in [6.45, 7) is 9.98. The van der Waals surface area contributed by atoms with Crippen LogP contribution in [-0.2, 0) is 33.3 Å². The van der Waals surface area contributed by atoms with Gasteiger partial charge in [0.1, 0.15) is 29.6 Å². The Balaban J connectivity index is 1.06. The molecule has 21 heteroatoms. The number of fused-ring (bicyclic) bond motifs is 1. The number of aromatic nitrogens is 2. The predicted octanol–water partition coefficient (Wildman–Crippen LogP) is 7.56. The topological polar surface area (TPSA) is 200 Å². The fourth-order valence-electron chi connectivity index (χ4n) is 11.0. The van der Waals surface area contributed by atoms with Crippen LogP contribution in [0.1, 0.15) is 87.4 Å². The molecule has 5 amide bonds. The maximum Gasteiger partial charge on any atom is 0.407 e. The van der Waals surface area contributed by atoms with Gasteiger partial charge in [-0.05, 0) is 112 Å². The Morgan fingerprint density at radius 3 is 1.84 bits per heavy atom. The molecule has 0 spiro atoms. The zero-order chi connectivity index (χ0) is 52.3. The Morgan fingerprint density at radius 2 is 1.25 bits per heavy atom. The van der Waals surface area contributed by atoms with E-state index in [0.29, 0.717) is 81.0 Å². The number of ether oxygens (including phenoxy) is 4. The standard InChI is InChI=1S/C52H69F2N9O9Si/c1-30(69-3)44(58-51(67)71-5)49(65)61-21-9-11-42(61)47-56-38-18-15-33(27-39(38)57-47)41-20-19-40(63(41)35-28-36(53)46(37(54)29-35)60-23-25-73(7,8)26-24-60)32-13-16-34(17-14-32)55-48(64)43-12-10-22-62(43)50(66)45(31(2)70-4)59-52(68)72-6/h13-18,27-31,40-45H,9-12,19-26H2,1-8H3,(H,55,64)(H,56,57)(H,58,67)(H,59,68)/t30-,31-,40+,41+,42+,43+,44+,45+/m1/s1. The monoisotopic (exact) mass is 1030 g/mol. The van der Waals surface area contributed by atoms with Crippen molar-refractivity contribution in [3.8, 4) is 0 Å². The second kappa shape index (κ2) is 22.4. The first-order valence-corrected chi connectivity index (χ1v) is 28.6. The van der Waals surface area contributed by atoms with Crippen LogP contribution in [0, 0.1) is 11.6 Å². The molecule has 0 saturated carbocycles. The van der Waals surface area contributed by atoms with Gasteiger partial charge in [0.25, 0.3) is 0 Å². The lowest BCUT2D eigenvalue weighted by Crippen LogP contribution is -2.56. The molecule has 4 aliphatic rings. The summed E-state index contributed by atoms with van der Waals surface area (Å²) in [6.07, 6.45) is 0.832. The van der Waals surface area contributed by atoms with E-state index in [-0.39, 0.29) is 35.6 Å². The number of carbonyl (C=O) groups is 5. The van der Waals surface area contributed by atoms with Gasteiger partial charge in [0.2, 0.25) is 17.7 Å². The van der Waals surface area contributed by atoms with Crippen LogP contribution in [-0.4, -0.2) is 143 Å². The Kier molecular flexibility index (Phi) is 16.3. The molecule has 5 heterocycles. The number of anilines is 3. The van der Waals surface area contributed by atoms with Crippen LogP contribution >= 0.6 is 0 Å². The second-order valence-corrected chi connectivity index (χ2v) is 25.8. The van der Waals surface area contributed by atoms with Crippen LogP contribution in [0.25, 0.3) is 11.0 Å². The number of amides is 5. The summed E-state index contributed by atoms with van der Waals surface area (Å²) in [5.74, 6) is -1.77. The number of nitrogens with one attached hydrogen (secondary N) is 4. The molecule has 0 bridgehead atoms. The number of benzene rings is 3. The van der Waals surface area contributed by atoms with Crippen LogP contribution in [0.2, 0.25) is 25.2 Å². The summed E-state index contributed by atoms with van der Waals surface area (Å²) in [5.41, 5.74) is 4.10. The van der Waals surface area contributed by atoms with Crippen molar-refractivity contribution in [3.05, 3.63) is 83.2 Å². The van der Waals surface area contributed by atoms with Crippen molar-refractivity contribution in [2.45, 2.75) is 126 Å². The van der Waals surface area contributed by atoms with E-state index in [2.05, 4.69) is 38.9 Å². The van der Waals surface area contributed by atoms with Crippen LogP contribution in [0.5, 0.6) is 0 Å². The number of methoxy groups -OCH3 is 4. The van der Waals surface area contributed by atoms with Crippen molar-refractivity contribution < 1.29 is 51.7 Å². The lowest BCUT2D eigenvalue weighted by atomic mass is 10.0. The minimum atomic E-state index is -1.42. The van der Waals surface area contributed by atoms with Gasteiger partial charge < -0.3 is 59.5 Å². The normalized spacial score (nSPS) is 22.4. The van der Waals surface area contributed by atoms with E-state index in [9.17, 15) is 24.0 Å². The average molecular weight is 1030 g/mol. The van der Waals surface area contributed by atoms with Crippen LogP contribution < -0.4 is 25.8 Å². The van der Waals surface area contributed by atoms with Crippen molar-refractivity contribution in [1.29, 1.82) is 0 Å². The van der Waals surface area contributed by atoms with E-state index in [0.717, 1.165) is 35.2 Å². The third kappa shape index (κ3) is 11.3. The van der Waals surface area contributed by atoms with Gasteiger partial charge >= 0.3 is 12.2 Å². The summed E-state index contributed by atoms with van der Waals surface area (Å²) in [5, 5.41) is 8.14. The summed E-state index contributed by atoms with van der Waals surface area (Å²) >= 11 is 0. The maximum absolute atomic E-state index is 16.5. The molecule has 73 heavy (non-hydrogen) atoms. The third-order valence-corrected chi connectivity index (χ3v) is 18.6. The number of likely N-dealkylation sites (tertiary alicyclic amines) is 2. The molecule has 394 valence electrons. The van der Waals surface area contributed by atoms with E-state index in [1.807, 2.05) is 35.2 Å². The van der Waals surface area contributed by atoms with Gasteiger partial charge in [-0.3, -0.25) is 14.4 Å². The van der Waals surface area contributed by atoms with Crippen molar-refractivity contribution in [1.82, 2.24) is 30.4 Å². The minimum Gasteiger partial charge on any atom is -0.453 e. The smallest absolute Gasteiger partial charge is 0.407 e. The van der Waals surface area contributed by atoms with Crippen LogP contribution in [0.15, 0.2) is 54.6 Å². The largest absolute Gasteiger partial charge is 0.453 e. The molecule has 3 aromatic carbocycles. The molecule has 4 aromatic rings. The Morgan fingerprint density at radius 1 is 0.699 bits per heavy atom. The molecule has 0 aliphatic carbocycles. The highest BCUT2D eigenvalue weighted by Gasteiger charge is 2.42. The number of nitrogens with zero attached hydrogens (tertiary/aromatic N) is 5. The molecular formula is C52H69F2N9O9Si. The van der Waals surface area contributed by atoms with Crippen molar-refractivity contribution in [2.75, 3.05) is 69.7 Å². The fraction of sp³-hybridized carbons (Fsp3) is 0.538. The number of hydrogen-bond acceptors (Lipinski definition) is 12. The van der Waals surface area contributed by atoms with Gasteiger partial charge in [-0.25, -0.2) is 23.4 Å². The lowest BCUT2D eigenvalue weighted by Gasteiger charge is -2.38. The van der Waals surface area contributed by atoms with Crippen molar-refractivity contribution in [2.24, 2.45) is 0 Å². The van der Waals surface area contributed by atoms with Crippen LogP contribution in [0.4, 0.5) is 35.4 Å². The van der Waals surface area contributed by atoms with Gasteiger partial charge in [0.15, 0.2) is 11.6 Å². The highest BCUT2D eigenvalue weighted by Crippen LogP contribution is 2.49. The number of aromatic amines is 1. The maximum atomic E-state index is 16.5. The third-order valence-electron chi connectivity index (χ3n) is 15.4.